The van der Waals surface area contributed by atoms with Crippen molar-refractivity contribution in [3.05, 3.63) is 63.6 Å². The summed E-state index contributed by atoms with van der Waals surface area (Å²) in [5, 5.41) is 0. The zero-order valence-electron chi connectivity index (χ0n) is 10.9. The highest BCUT2D eigenvalue weighted by Crippen LogP contribution is 2.16. The molecule has 0 fully saturated rings. The molecule has 1 heterocycles. The second kappa shape index (κ2) is 5.32. The normalized spacial score (nSPS) is 12.4. The maximum absolute atomic E-state index is 13.6. The van der Waals surface area contributed by atoms with Crippen LogP contribution in [0, 0.1) is 19.7 Å². The molecule has 0 saturated heterocycles. The fourth-order valence-corrected chi connectivity index (χ4v) is 2.07. The Morgan fingerprint density at radius 2 is 2.05 bits per heavy atom. The van der Waals surface area contributed by atoms with Gasteiger partial charge in [0.25, 0.3) is 0 Å². The van der Waals surface area contributed by atoms with Gasteiger partial charge in [0.15, 0.2) is 0 Å². The van der Waals surface area contributed by atoms with E-state index in [4.69, 9.17) is 5.73 Å². The minimum atomic E-state index is -0.581. The summed E-state index contributed by atoms with van der Waals surface area (Å²) in [7, 11) is 0. The first-order valence-corrected chi connectivity index (χ1v) is 6.04. The van der Waals surface area contributed by atoms with Gasteiger partial charge in [-0.3, -0.25) is 4.57 Å². The van der Waals surface area contributed by atoms with Gasteiger partial charge in [-0.05, 0) is 26.0 Å². The summed E-state index contributed by atoms with van der Waals surface area (Å²) >= 11 is 0. The lowest BCUT2D eigenvalue weighted by Gasteiger charge is -2.16. The zero-order chi connectivity index (χ0) is 14.0. The molecule has 0 spiro atoms. The summed E-state index contributed by atoms with van der Waals surface area (Å²) in [6.45, 7) is 3.78. The molecule has 0 aliphatic heterocycles. The average molecular weight is 261 g/mol. The van der Waals surface area contributed by atoms with Crippen LogP contribution in [0.15, 0.2) is 35.1 Å². The maximum atomic E-state index is 13.6. The number of aryl methyl sites for hydroxylation is 2. The molecule has 1 aromatic carbocycles. The summed E-state index contributed by atoms with van der Waals surface area (Å²) in [5.74, 6) is -0.360. The van der Waals surface area contributed by atoms with Crippen molar-refractivity contribution >= 4 is 0 Å². The van der Waals surface area contributed by atoms with Crippen molar-refractivity contribution in [2.24, 2.45) is 5.73 Å². The van der Waals surface area contributed by atoms with E-state index in [2.05, 4.69) is 4.98 Å². The van der Waals surface area contributed by atoms with Crippen LogP contribution < -0.4 is 11.4 Å². The van der Waals surface area contributed by atoms with Crippen LogP contribution in [0.25, 0.3) is 0 Å². The van der Waals surface area contributed by atoms with Crippen LogP contribution in [0.4, 0.5) is 4.39 Å². The summed E-state index contributed by atoms with van der Waals surface area (Å²) in [6.07, 6.45) is 0. The van der Waals surface area contributed by atoms with Gasteiger partial charge in [0, 0.05) is 23.5 Å². The summed E-state index contributed by atoms with van der Waals surface area (Å²) < 4.78 is 15.1. The van der Waals surface area contributed by atoms with E-state index in [9.17, 15) is 9.18 Å². The lowest BCUT2D eigenvalue weighted by Crippen LogP contribution is -2.30. The van der Waals surface area contributed by atoms with Crippen LogP contribution in [-0.2, 0) is 6.54 Å². The quantitative estimate of drug-likeness (QED) is 0.914. The molecule has 19 heavy (non-hydrogen) atoms. The van der Waals surface area contributed by atoms with Gasteiger partial charge >= 0.3 is 5.69 Å². The van der Waals surface area contributed by atoms with Crippen molar-refractivity contribution in [1.82, 2.24) is 9.55 Å². The van der Waals surface area contributed by atoms with Crippen molar-refractivity contribution in [3.8, 4) is 0 Å². The van der Waals surface area contributed by atoms with Crippen molar-refractivity contribution in [1.29, 1.82) is 0 Å². The third-order valence-electron chi connectivity index (χ3n) is 3.03. The molecule has 5 heteroatoms. The molecule has 1 aromatic heterocycles. The van der Waals surface area contributed by atoms with E-state index in [0.29, 0.717) is 11.3 Å². The van der Waals surface area contributed by atoms with Crippen molar-refractivity contribution in [2.45, 2.75) is 26.4 Å². The van der Waals surface area contributed by atoms with Gasteiger partial charge < -0.3 is 5.73 Å². The standard InChI is InChI=1S/C14H16FN3O/c1-9-7-10(2)18(14(19)17-9)8-13(16)11-5-3-4-6-12(11)15/h3-7,13H,8,16H2,1-2H3. The van der Waals surface area contributed by atoms with Gasteiger partial charge in [-0.2, -0.15) is 4.98 Å². The fraction of sp³-hybridized carbons (Fsp3) is 0.286. The minimum absolute atomic E-state index is 0.207. The number of hydrogen-bond acceptors (Lipinski definition) is 3. The highest BCUT2D eigenvalue weighted by atomic mass is 19.1. The average Bonchev–Trinajstić information content (AvgIpc) is 2.34. The molecule has 2 rings (SSSR count). The Kier molecular flexibility index (Phi) is 3.76. The Hall–Kier alpha value is -2.01. The van der Waals surface area contributed by atoms with E-state index < -0.39 is 6.04 Å². The van der Waals surface area contributed by atoms with Gasteiger partial charge in [0.1, 0.15) is 5.82 Å². The largest absolute Gasteiger partial charge is 0.348 e. The van der Waals surface area contributed by atoms with Crippen molar-refractivity contribution < 1.29 is 4.39 Å². The summed E-state index contributed by atoms with van der Waals surface area (Å²) in [6, 6.07) is 7.54. The Morgan fingerprint density at radius 3 is 2.68 bits per heavy atom. The number of rotatable bonds is 3. The first-order valence-electron chi connectivity index (χ1n) is 6.04. The Bertz CT molecular complexity index is 651. The van der Waals surface area contributed by atoms with E-state index in [1.807, 2.05) is 6.92 Å². The topological polar surface area (TPSA) is 60.9 Å². The fourth-order valence-electron chi connectivity index (χ4n) is 2.07. The molecule has 2 aromatic rings. The van der Waals surface area contributed by atoms with Crippen molar-refractivity contribution in [2.75, 3.05) is 0 Å². The lowest BCUT2D eigenvalue weighted by molar-refractivity contribution is 0.509. The SMILES string of the molecule is Cc1cc(C)n(CC(N)c2ccccc2F)c(=O)n1. The monoisotopic (exact) mass is 261 g/mol. The molecule has 4 nitrogen and oxygen atoms in total. The molecule has 0 saturated carbocycles. The Labute approximate surface area is 110 Å². The predicted octanol–water partition coefficient (Wildman–Crippen LogP) is 1.70. The van der Waals surface area contributed by atoms with E-state index in [-0.39, 0.29) is 18.1 Å². The number of benzene rings is 1. The summed E-state index contributed by atoms with van der Waals surface area (Å²) in [4.78, 5) is 15.7. The Balaban J connectivity index is 2.32. The number of nitrogens with zero attached hydrogens (tertiary/aromatic N) is 2. The molecule has 0 bridgehead atoms. The molecule has 0 aliphatic carbocycles. The van der Waals surface area contributed by atoms with Crippen LogP contribution in [0.3, 0.4) is 0 Å². The van der Waals surface area contributed by atoms with E-state index in [1.54, 1.807) is 31.2 Å². The first kappa shape index (κ1) is 13.4. The van der Waals surface area contributed by atoms with Gasteiger partial charge in [-0.25, -0.2) is 9.18 Å². The second-order valence-corrected chi connectivity index (χ2v) is 4.56. The van der Waals surface area contributed by atoms with Crippen LogP contribution >= 0.6 is 0 Å². The van der Waals surface area contributed by atoms with Gasteiger partial charge in [0.2, 0.25) is 0 Å². The highest BCUT2D eigenvalue weighted by Gasteiger charge is 2.13. The molecule has 0 aliphatic rings. The molecule has 0 amide bonds. The molecule has 0 radical (unpaired) electrons. The predicted molar refractivity (Wildman–Crippen MR) is 71.3 cm³/mol. The third-order valence-corrected chi connectivity index (χ3v) is 3.03. The summed E-state index contributed by atoms with van der Waals surface area (Å²) in [5.41, 5.74) is 7.45. The smallest absolute Gasteiger partial charge is 0.322 e. The molecule has 1 atom stereocenters. The number of hydrogen-bond donors (Lipinski definition) is 1. The van der Waals surface area contributed by atoms with Crippen molar-refractivity contribution in [3.63, 3.8) is 0 Å². The van der Waals surface area contributed by atoms with Crippen LogP contribution in [-0.4, -0.2) is 9.55 Å². The van der Waals surface area contributed by atoms with Crippen LogP contribution in [0.5, 0.6) is 0 Å². The maximum Gasteiger partial charge on any atom is 0.348 e. The minimum Gasteiger partial charge on any atom is -0.322 e. The third kappa shape index (κ3) is 2.88. The van der Waals surface area contributed by atoms with Crippen LogP contribution in [0.1, 0.15) is 23.0 Å². The number of nitrogens with two attached hydrogens (primary N) is 1. The van der Waals surface area contributed by atoms with E-state index in [1.165, 1.54) is 10.6 Å². The molecule has 1 unspecified atom stereocenters. The van der Waals surface area contributed by atoms with E-state index in [0.717, 1.165) is 5.69 Å². The van der Waals surface area contributed by atoms with Gasteiger partial charge in [-0.1, -0.05) is 18.2 Å². The molecular formula is C14H16FN3O. The molecule has 2 N–H and O–H groups in total. The highest BCUT2D eigenvalue weighted by molar-refractivity contribution is 5.21. The first-order chi connectivity index (χ1) is 8.99. The van der Waals surface area contributed by atoms with Crippen LogP contribution in [0.2, 0.25) is 0 Å². The molecule has 100 valence electrons. The Morgan fingerprint density at radius 1 is 1.37 bits per heavy atom. The zero-order valence-corrected chi connectivity index (χ0v) is 10.9. The number of aromatic nitrogens is 2. The van der Waals surface area contributed by atoms with E-state index >= 15 is 0 Å². The number of halogens is 1. The molecular weight excluding hydrogens is 245 g/mol. The lowest BCUT2D eigenvalue weighted by atomic mass is 10.1. The second-order valence-electron chi connectivity index (χ2n) is 4.56. The van der Waals surface area contributed by atoms with Gasteiger partial charge in [-0.15, -0.1) is 0 Å². The van der Waals surface area contributed by atoms with Gasteiger partial charge in [0.05, 0.1) is 6.04 Å².